The third kappa shape index (κ3) is 5.13. The van der Waals surface area contributed by atoms with Crippen LogP contribution in [0.3, 0.4) is 0 Å². The number of amides is 2. The van der Waals surface area contributed by atoms with E-state index in [9.17, 15) is 19.5 Å². The largest absolute Gasteiger partial charge is 0.465 e. The summed E-state index contributed by atoms with van der Waals surface area (Å²) in [6.07, 6.45) is -1.04. The first-order valence-corrected chi connectivity index (χ1v) is 11.0. The lowest BCUT2D eigenvalue weighted by Gasteiger charge is -2.33. The van der Waals surface area contributed by atoms with E-state index in [0.29, 0.717) is 16.3 Å². The molecule has 0 bridgehead atoms. The number of carbonyl (C=O) groups excluding carboxylic acids is 1. The third-order valence-corrected chi connectivity index (χ3v) is 5.44. The average molecular weight is 513 g/mol. The highest BCUT2D eigenvalue weighted by Crippen LogP contribution is 2.26. The van der Waals surface area contributed by atoms with Gasteiger partial charge >= 0.3 is 11.8 Å². The van der Waals surface area contributed by atoms with Crippen LogP contribution in [0, 0.1) is 0 Å². The van der Waals surface area contributed by atoms with E-state index in [4.69, 9.17) is 20.8 Å². The first kappa shape index (κ1) is 24.7. The molecule has 0 aliphatic carbocycles. The highest BCUT2D eigenvalue weighted by Gasteiger charge is 2.27. The van der Waals surface area contributed by atoms with Crippen LogP contribution >= 0.6 is 11.6 Å². The maximum atomic E-state index is 12.8. The zero-order valence-electron chi connectivity index (χ0n) is 19.4. The minimum Gasteiger partial charge on any atom is -0.465 e. The van der Waals surface area contributed by atoms with Gasteiger partial charge in [0.2, 0.25) is 11.6 Å². The second kappa shape index (κ2) is 9.66. The van der Waals surface area contributed by atoms with Crippen molar-refractivity contribution in [3.63, 3.8) is 0 Å². The molecule has 0 saturated carbocycles. The summed E-state index contributed by atoms with van der Waals surface area (Å²) in [5.74, 6) is -1.47. The zero-order chi connectivity index (χ0) is 26.0. The maximum absolute atomic E-state index is 12.8. The summed E-state index contributed by atoms with van der Waals surface area (Å²) in [6.45, 7) is 5.55. The Morgan fingerprint density at radius 1 is 1.11 bits per heavy atom. The fraction of sp³-hybridized carbons (Fsp3) is 0.217. The van der Waals surface area contributed by atoms with Gasteiger partial charge in [-0.1, -0.05) is 35.0 Å². The van der Waals surface area contributed by atoms with Gasteiger partial charge < -0.3 is 10.4 Å². The molecule has 0 unspecified atom stereocenters. The van der Waals surface area contributed by atoms with Crippen LogP contribution in [0.15, 0.2) is 62.5 Å². The lowest BCUT2D eigenvalue weighted by atomic mass is 10.0. The van der Waals surface area contributed by atoms with Crippen LogP contribution in [0.2, 0.25) is 5.02 Å². The average Bonchev–Trinajstić information content (AvgIpc) is 3.42. The molecule has 2 N–H and O–H groups in total. The SMILES string of the molecule is CC(C)(C)N(Cc1ccc(C(=O)Nc2nonc2-c2noc(=O)n2-c2cccc(Cl)c2)cc1)C(=O)O. The molecule has 2 heterocycles. The van der Waals surface area contributed by atoms with E-state index in [1.807, 2.05) is 0 Å². The molecule has 0 radical (unpaired) electrons. The van der Waals surface area contributed by atoms with Gasteiger partial charge in [0.1, 0.15) is 0 Å². The molecular formula is C23H21ClN6O6. The fourth-order valence-corrected chi connectivity index (χ4v) is 3.56. The molecule has 0 atom stereocenters. The van der Waals surface area contributed by atoms with Gasteiger partial charge in [-0.15, -0.1) is 0 Å². The van der Waals surface area contributed by atoms with Crippen LogP contribution in [0.1, 0.15) is 36.7 Å². The van der Waals surface area contributed by atoms with Gasteiger partial charge in [-0.3, -0.25) is 14.2 Å². The molecule has 186 valence electrons. The van der Waals surface area contributed by atoms with Crippen molar-refractivity contribution in [3.05, 3.63) is 75.2 Å². The summed E-state index contributed by atoms with van der Waals surface area (Å²) in [7, 11) is 0. The van der Waals surface area contributed by atoms with Gasteiger partial charge in [0.15, 0.2) is 5.69 Å². The number of nitrogens with zero attached hydrogens (tertiary/aromatic N) is 5. The van der Waals surface area contributed by atoms with Crippen molar-refractivity contribution in [2.24, 2.45) is 0 Å². The molecule has 2 aromatic heterocycles. The molecular weight excluding hydrogens is 492 g/mol. The lowest BCUT2D eigenvalue weighted by molar-refractivity contribution is 0.0953. The zero-order valence-corrected chi connectivity index (χ0v) is 20.2. The Balaban J connectivity index is 1.56. The van der Waals surface area contributed by atoms with E-state index in [-0.39, 0.29) is 29.4 Å². The normalized spacial score (nSPS) is 11.3. The fourth-order valence-electron chi connectivity index (χ4n) is 3.38. The molecule has 2 aromatic carbocycles. The van der Waals surface area contributed by atoms with Gasteiger partial charge in [-0.2, -0.15) is 0 Å². The molecule has 0 aliphatic rings. The summed E-state index contributed by atoms with van der Waals surface area (Å²) >= 11 is 6.03. The summed E-state index contributed by atoms with van der Waals surface area (Å²) < 4.78 is 10.7. The Kier molecular flexibility index (Phi) is 6.62. The quantitative estimate of drug-likeness (QED) is 0.388. The van der Waals surface area contributed by atoms with Crippen LogP contribution in [0.25, 0.3) is 17.2 Å². The Hall–Kier alpha value is -4.45. The van der Waals surface area contributed by atoms with Crippen molar-refractivity contribution in [2.45, 2.75) is 32.9 Å². The molecule has 0 aliphatic heterocycles. The number of rotatable bonds is 6. The second-order valence-electron chi connectivity index (χ2n) is 8.74. The molecule has 0 saturated heterocycles. The highest BCUT2D eigenvalue weighted by molar-refractivity contribution is 6.30. The number of carbonyl (C=O) groups is 2. The lowest BCUT2D eigenvalue weighted by Crippen LogP contribution is -2.44. The van der Waals surface area contributed by atoms with Crippen LogP contribution in [0.5, 0.6) is 0 Å². The number of carboxylic acid groups (broad SMARTS) is 1. The van der Waals surface area contributed by atoms with Crippen molar-refractivity contribution in [1.29, 1.82) is 0 Å². The Labute approximate surface area is 209 Å². The number of benzene rings is 2. The van der Waals surface area contributed by atoms with Gasteiger partial charge in [-0.25, -0.2) is 18.8 Å². The standard InChI is InChI=1S/C23H21ClN6O6/c1-23(2,3)29(21(32)33)12-13-7-9-14(10-8-13)20(31)25-18-17(26-36-27-18)19-28-35-22(34)30(19)16-6-4-5-15(24)11-16/h4-11H,12H2,1-3H3,(H,32,33)(H,25,27,31). The monoisotopic (exact) mass is 512 g/mol. The smallest absolute Gasteiger partial charge is 0.446 e. The van der Waals surface area contributed by atoms with E-state index in [1.54, 1.807) is 63.2 Å². The van der Waals surface area contributed by atoms with Crippen LogP contribution in [-0.2, 0) is 6.54 Å². The molecule has 4 rings (SSSR count). The van der Waals surface area contributed by atoms with Crippen LogP contribution in [-0.4, -0.2) is 47.6 Å². The number of nitrogens with one attached hydrogen (secondary N) is 1. The van der Waals surface area contributed by atoms with E-state index >= 15 is 0 Å². The van der Waals surface area contributed by atoms with E-state index in [2.05, 4.69) is 20.8 Å². The van der Waals surface area contributed by atoms with Crippen molar-refractivity contribution < 1.29 is 23.8 Å². The number of aromatic nitrogens is 4. The van der Waals surface area contributed by atoms with E-state index in [1.165, 1.54) is 11.0 Å². The highest BCUT2D eigenvalue weighted by atomic mass is 35.5. The molecule has 36 heavy (non-hydrogen) atoms. The number of hydrogen-bond donors (Lipinski definition) is 2. The van der Waals surface area contributed by atoms with Gasteiger partial charge in [0.25, 0.3) is 5.91 Å². The van der Waals surface area contributed by atoms with Gasteiger partial charge in [0.05, 0.1) is 5.69 Å². The Morgan fingerprint density at radius 2 is 1.83 bits per heavy atom. The van der Waals surface area contributed by atoms with Gasteiger partial charge in [0, 0.05) is 22.7 Å². The van der Waals surface area contributed by atoms with Crippen molar-refractivity contribution in [2.75, 3.05) is 5.32 Å². The molecule has 12 nitrogen and oxygen atoms in total. The summed E-state index contributed by atoms with van der Waals surface area (Å²) in [4.78, 5) is 38.0. The summed E-state index contributed by atoms with van der Waals surface area (Å²) in [5, 5.41) is 23.7. The van der Waals surface area contributed by atoms with Crippen molar-refractivity contribution in [1.82, 2.24) is 24.9 Å². The van der Waals surface area contributed by atoms with Crippen LogP contribution in [0.4, 0.5) is 10.6 Å². The molecule has 0 fully saturated rings. The maximum Gasteiger partial charge on any atom is 0.446 e. The molecule has 13 heteroatoms. The summed E-state index contributed by atoms with van der Waals surface area (Å²) in [6, 6.07) is 12.9. The topological polar surface area (TPSA) is 157 Å². The molecule has 2 amide bonds. The van der Waals surface area contributed by atoms with Crippen molar-refractivity contribution in [3.8, 4) is 17.2 Å². The number of halogens is 1. The summed E-state index contributed by atoms with van der Waals surface area (Å²) in [5.41, 5.74) is 0.725. The van der Waals surface area contributed by atoms with E-state index < -0.39 is 23.3 Å². The first-order valence-electron chi connectivity index (χ1n) is 10.6. The predicted octanol–water partition coefficient (Wildman–Crippen LogP) is 4.06. The first-order chi connectivity index (χ1) is 17.0. The minimum atomic E-state index is -1.04. The van der Waals surface area contributed by atoms with E-state index in [0.717, 1.165) is 4.57 Å². The van der Waals surface area contributed by atoms with Crippen molar-refractivity contribution >= 4 is 29.4 Å². The number of hydrogen-bond acceptors (Lipinski definition) is 8. The van der Waals surface area contributed by atoms with Crippen LogP contribution < -0.4 is 11.1 Å². The molecule has 4 aromatic rings. The van der Waals surface area contributed by atoms with Gasteiger partial charge in [-0.05, 0) is 67.0 Å². The predicted molar refractivity (Wildman–Crippen MR) is 128 cm³/mol. The third-order valence-electron chi connectivity index (χ3n) is 5.20. The second-order valence-corrected chi connectivity index (χ2v) is 9.18. The molecule has 0 spiro atoms. The Morgan fingerprint density at radius 3 is 2.47 bits per heavy atom. The Bertz CT molecular complexity index is 1470. The minimum absolute atomic E-state index is 0.0342. The number of anilines is 1.